The summed E-state index contributed by atoms with van der Waals surface area (Å²) in [6, 6.07) is 4.21. The van der Waals surface area contributed by atoms with E-state index < -0.39 is 0 Å². The van der Waals surface area contributed by atoms with E-state index in [0.29, 0.717) is 4.83 Å². The van der Waals surface area contributed by atoms with E-state index in [0.717, 1.165) is 12.1 Å². The van der Waals surface area contributed by atoms with Crippen molar-refractivity contribution in [1.82, 2.24) is 4.98 Å². The minimum Gasteiger partial charge on any atom is -0.261 e. The van der Waals surface area contributed by atoms with E-state index >= 15 is 0 Å². The van der Waals surface area contributed by atoms with Gasteiger partial charge in [0, 0.05) is 16.7 Å². The van der Waals surface area contributed by atoms with Crippen LogP contribution in [-0.2, 0) is 6.42 Å². The number of pyridine rings is 1. The smallest absolute Gasteiger partial charge is 0.0372 e. The average Bonchev–Trinajstić information content (AvgIpc) is 2.03. The Labute approximate surface area is 82.3 Å². The Balaban J connectivity index is 2.48. The predicted octanol–water partition coefficient (Wildman–Crippen LogP) is 3.11. The van der Waals surface area contributed by atoms with Crippen LogP contribution in [0.5, 0.6) is 0 Å². The summed E-state index contributed by atoms with van der Waals surface area (Å²) in [6.07, 6.45) is 4.25. The molecule has 0 bridgehead atoms. The molecule has 0 saturated heterocycles. The summed E-state index contributed by atoms with van der Waals surface area (Å²) in [5.74, 6) is 0. The van der Waals surface area contributed by atoms with Crippen molar-refractivity contribution in [3.63, 3.8) is 0 Å². The lowest BCUT2D eigenvalue weighted by molar-refractivity contribution is 0.817. The Morgan fingerprint density at radius 1 is 1.50 bits per heavy atom. The maximum absolute atomic E-state index is 4.24. The minimum atomic E-state index is 0.596. The number of aromatic nitrogens is 1. The zero-order chi connectivity index (χ0) is 8.97. The molecule has 12 heavy (non-hydrogen) atoms. The molecule has 1 nitrogen and oxygen atoms in total. The van der Waals surface area contributed by atoms with Gasteiger partial charge in [-0.05, 0) is 31.4 Å². The van der Waals surface area contributed by atoms with E-state index in [1.54, 1.807) is 0 Å². The minimum absolute atomic E-state index is 0.596. The van der Waals surface area contributed by atoms with Gasteiger partial charge in [-0.2, -0.15) is 0 Å². The van der Waals surface area contributed by atoms with Crippen molar-refractivity contribution in [2.75, 3.05) is 0 Å². The highest BCUT2D eigenvalue weighted by molar-refractivity contribution is 9.09. The van der Waals surface area contributed by atoms with Gasteiger partial charge in [0.05, 0.1) is 0 Å². The van der Waals surface area contributed by atoms with Crippen molar-refractivity contribution < 1.29 is 0 Å². The molecule has 0 spiro atoms. The standard InChI is InChI=1S/C10H14BrN/c1-8(11)3-5-10-6-4-9(2)12-7-10/h4,6-8H,3,5H2,1-2H3. The predicted molar refractivity (Wildman–Crippen MR) is 55.7 cm³/mol. The molecule has 66 valence electrons. The molecule has 0 amide bonds. The van der Waals surface area contributed by atoms with Crippen LogP contribution in [-0.4, -0.2) is 9.81 Å². The first-order valence-electron chi connectivity index (χ1n) is 4.24. The molecule has 0 aliphatic rings. The Kier molecular flexibility index (Phi) is 3.73. The summed E-state index contributed by atoms with van der Waals surface area (Å²) in [7, 11) is 0. The van der Waals surface area contributed by atoms with Crippen LogP contribution in [0.1, 0.15) is 24.6 Å². The highest BCUT2D eigenvalue weighted by Gasteiger charge is 1.97. The Bertz CT molecular complexity index is 228. The normalized spacial score (nSPS) is 12.9. The van der Waals surface area contributed by atoms with Crippen LogP contribution in [0.3, 0.4) is 0 Å². The average molecular weight is 228 g/mol. The zero-order valence-corrected chi connectivity index (χ0v) is 9.13. The molecule has 1 aromatic heterocycles. The van der Waals surface area contributed by atoms with E-state index in [2.05, 4.69) is 40.0 Å². The molecule has 1 heterocycles. The molecule has 0 aliphatic heterocycles. The van der Waals surface area contributed by atoms with Gasteiger partial charge < -0.3 is 0 Å². The Morgan fingerprint density at radius 2 is 2.25 bits per heavy atom. The van der Waals surface area contributed by atoms with Crippen LogP contribution in [0.2, 0.25) is 0 Å². The Hall–Kier alpha value is -0.370. The lowest BCUT2D eigenvalue weighted by Crippen LogP contribution is -1.94. The van der Waals surface area contributed by atoms with Crippen LogP contribution in [0.25, 0.3) is 0 Å². The molecule has 1 unspecified atom stereocenters. The van der Waals surface area contributed by atoms with Gasteiger partial charge in [0.2, 0.25) is 0 Å². The maximum atomic E-state index is 4.24. The SMILES string of the molecule is Cc1ccc(CCC(C)Br)cn1. The summed E-state index contributed by atoms with van der Waals surface area (Å²) >= 11 is 3.53. The van der Waals surface area contributed by atoms with Crippen molar-refractivity contribution >= 4 is 15.9 Å². The molecule has 0 N–H and O–H groups in total. The number of aryl methyl sites for hydroxylation is 2. The van der Waals surface area contributed by atoms with Gasteiger partial charge in [-0.25, -0.2) is 0 Å². The lowest BCUT2D eigenvalue weighted by Gasteiger charge is -2.02. The van der Waals surface area contributed by atoms with Gasteiger partial charge in [-0.3, -0.25) is 4.98 Å². The van der Waals surface area contributed by atoms with Crippen LogP contribution >= 0.6 is 15.9 Å². The number of halogens is 1. The van der Waals surface area contributed by atoms with E-state index in [1.165, 1.54) is 12.0 Å². The van der Waals surface area contributed by atoms with Gasteiger partial charge >= 0.3 is 0 Å². The highest BCUT2D eigenvalue weighted by atomic mass is 79.9. The van der Waals surface area contributed by atoms with Gasteiger partial charge in [-0.1, -0.05) is 28.9 Å². The van der Waals surface area contributed by atoms with Crippen molar-refractivity contribution in [1.29, 1.82) is 0 Å². The van der Waals surface area contributed by atoms with Crippen molar-refractivity contribution in [2.45, 2.75) is 31.5 Å². The fourth-order valence-electron chi connectivity index (χ4n) is 1.01. The van der Waals surface area contributed by atoms with Gasteiger partial charge in [0.1, 0.15) is 0 Å². The first-order valence-corrected chi connectivity index (χ1v) is 5.15. The number of hydrogen-bond donors (Lipinski definition) is 0. The van der Waals surface area contributed by atoms with Crippen molar-refractivity contribution in [3.8, 4) is 0 Å². The highest BCUT2D eigenvalue weighted by Crippen LogP contribution is 2.09. The number of nitrogens with zero attached hydrogens (tertiary/aromatic N) is 1. The molecule has 2 heteroatoms. The second-order valence-electron chi connectivity index (χ2n) is 3.13. The summed E-state index contributed by atoms with van der Waals surface area (Å²) < 4.78 is 0. The number of rotatable bonds is 3. The maximum Gasteiger partial charge on any atom is 0.0372 e. The van der Waals surface area contributed by atoms with E-state index in [9.17, 15) is 0 Å². The summed E-state index contributed by atoms with van der Waals surface area (Å²) in [5.41, 5.74) is 2.41. The fourth-order valence-corrected chi connectivity index (χ4v) is 1.24. The topological polar surface area (TPSA) is 12.9 Å². The molecule has 0 radical (unpaired) electrons. The molecule has 1 aromatic rings. The van der Waals surface area contributed by atoms with E-state index in [4.69, 9.17) is 0 Å². The summed E-state index contributed by atoms with van der Waals surface area (Å²) in [6.45, 7) is 4.18. The monoisotopic (exact) mass is 227 g/mol. The van der Waals surface area contributed by atoms with Crippen LogP contribution in [0.15, 0.2) is 18.3 Å². The fraction of sp³-hybridized carbons (Fsp3) is 0.500. The first kappa shape index (κ1) is 9.72. The molecule has 0 saturated carbocycles. The third-order valence-corrected chi connectivity index (χ3v) is 2.26. The molecular formula is C10H14BrN. The number of alkyl halides is 1. The van der Waals surface area contributed by atoms with Gasteiger partial charge in [0.15, 0.2) is 0 Å². The van der Waals surface area contributed by atoms with Crippen LogP contribution < -0.4 is 0 Å². The second kappa shape index (κ2) is 4.61. The quantitative estimate of drug-likeness (QED) is 0.724. The van der Waals surface area contributed by atoms with Crippen molar-refractivity contribution in [2.24, 2.45) is 0 Å². The van der Waals surface area contributed by atoms with E-state index in [1.807, 2.05) is 13.1 Å². The Morgan fingerprint density at radius 3 is 2.75 bits per heavy atom. The molecule has 0 aromatic carbocycles. The van der Waals surface area contributed by atoms with Gasteiger partial charge in [-0.15, -0.1) is 0 Å². The largest absolute Gasteiger partial charge is 0.261 e. The number of hydrogen-bond acceptors (Lipinski definition) is 1. The second-order valence-corrected chi connectivity index (χ2v) is 4.69. The van der Waals surface area contributed by atoms with Gasteiger partial charge in [0.25, 0.3) is 0 Å². The molecule has 0 aliphatic carbocycles. The molecule has 1 rings (SSSR count). The van der Waals surface area contributed by atoms with Crippen LogP contribution in [0.4, 0.5) is 0 Å². The first-order chi connectivity index (χ1) is 5.68. The zero-order valence-electron chi connectivity index (χ0n) is 7.55. The summed E-state index contributed by atoms with van der Waals surface area (Å²) in [4.78, 5) is 4.84. The molecule has 1 atom stereocenters. The van der Waals surface area contributed by atoms with Crippen molar-refractivity contribution in [3.05, 3.63) is 29.6 Å². The van der Waals surface area contributed by atoms with E-state index in [-0.39, 0.29) is 0 Å². The van der Waals surface area contributed by atoms with Crippen LogP contribution in [0, 0.1) is 6.92 Å². The summed E-state index contributed by atoms with van der Waals surface area (Å²) in [5, 5.41) is 0. The molecule has 0 fully saturated rings. The third-order valence-electron chi connectivity index (χ3n) is 1.80. The lowest BCUT2D eigenvalue weighted by atomic mass is 10.1. The molecular weight excluding hydrogens is 214 g/mol. The third kappa shape index (κ3) is 3.35.